The summed E-state index contributed by atoms with van der Waals surface area (Å²) in [5.41, 5.74) is 0.585. The first kappa shape index (κ1) is 14.9. The molecule has 110 valence electrons. The van der Waals surface area contributed by atoms with E-state index in [1.807, 2.05) is 0 Å². The Bertz CT molecular complexity index is 576. The molecule has 0 aromatic heterocycles. The average Bonchev–Trinajstić information content (AvgIpc) is 2.53. The molecule has 1 aromatic carbocycles. The molecule has 1 unspecified atom stereocenters. The van der Waals surface area contributed by atoms with Gasteiger partial charge < -0.3 is 14.5 Å². The number of hydrogen-bond acceptors (Lipinski definition) is 4. The SMILES string of the molecule is [C-]#[N+]C(Cc1cccc([N+](=O)[O-])c1)C(=O)N1CCOCC1. The van der Waals surface area contributed by atoms with Crippen molar-refractivity contribution >= 4 is 11.6 Å². The van der Waals surface area contributed by atoms with Gasteiger partial charge >= 0.3 is 11.9 Å². The van der Waals surface area contributed by atoms with E-state index >= 15 is 0 Å². The number of rotatable bonds is 4. The van der Waals surface area contributed by atoms with Gasteiger partial charge in [0, 0.05) is 25.2 Å². The van der Waals surface area contributed by atoms with E-state index in [1.165, 1.54) is 12.1 Å². The molecule has 1 atom stereocenters. The number of amides is 1. The maximum absolute atomic E-state index is 12.3. The molecular weight excluding hydrogens is 274 g/mol. The smallest absolute Gasteiger partial charge is 0.306 e. The molecule has 1 aliphatic rings. The van der Waals surface area contributed by atoms with Gasteiger partial charge in [-0.05, 0) is 5.56 Å². The quantitative estimate of drug-likeness (QED) is 0.475. The molecule has 1 amide bonds. The second-order valence-corrected chi connectivity index (χ2v) is 4.71. The molecule has 0 radical (unpaired) electrons. The number of morpholine rings is 1. The third-order valence-corrected chi connectivity index (χ3v) is 3.31. The van der Waals surface area contributed by atoms with Crippen LogP contribution in [0.2, 0.25) is 0 Å². The van der Waals surface area contributed by atoms with Gasteiger partial charge in [-0.3, -0.25) is 14.9 Å². The predicted octanol–water partition coefficient (Wildman–Crippen LogP) is 1.28. The van der Waals surface area contributed by atoms with Crippen LogP contribution in [-0.2, 0) is 16.0 Å². The summed E-state index contributed by atoms with van der Waals surface area (Å²) in [5.74, 6) is -0.236. The molecule has 1 saturated heterocycles. The summed E-state index contributed by atoms with van der Waals surface area (Å²) in [6.07, 6.45) is 0.182. The second-order valence-electron chi connectivity index (χ2n) is 4.71. The molecular formula is C14H15N3O4. The van der Waals surface area contributed by atoms with Crippen LogP contribution >= 0.6 is 0 Å². The van der Waals surface area contributed by atoms with Crippen LogP contribution in [0.15, 0.2) is 24.3 Å². The first-order valence-electron chi connectivity index (χ1n) is 6.58. The highest BCUT2D eigenvalue weighted by Crippen LogP contribution is 2.16. The van der Waals surface area contributed by atoms with Gasteiger partial charge in [0.2, 0.25) is 0 Å². The van der Waals surface area contributed by atoms with Crippen LogP contribution in [0.3, 0.4) is 0 Å². The number of non-ortho nitro benzene ring substituents is 1. The lowest BCUT2D eigenvalue weighted by Crippen LogP contribution is -2.45. The van der Waals surface area contributed by atoms with Crippen LogP contribution in [0.25, 0.3) is 4.85 Å². The molecule has 0 saturated carbocycles. The fourth-order valence-corrected chi connectivity index (χ4v) is 2.20. The highest BCUT2D eigenvalue weighted by molar-refractivity contribution is 5.84. The monoisotopic (exact) mass is 289 g/mol. The standard InChI is InChI=1S/C14H15N3O4/c1-15-13(14(18)16-5-7-21-8-6-16)10-11-3-2-4-12(9-11)17(19)20/h2-4,9,13H,5-8,10H2. The predicted molar refractivity (Wildman–Crippen MR) is 74.6 cm³/mol. The first-order chi connectivity index (χ1) is 10.1. The van der Waals surface area contributed by atoms with Gasteiger partial charge in [-0.1, -0.05) is 12.1 Å². The van der Waals surface area contributed by atoms with Crippen molar-refractivity contribution in [2.75, 3.05) is 26.3 Å². The number of carbonyl (C=O) groups is 1. The van der Waals surface area contributed by atoms with Gasteiger partial charge in [0.15, 0.2) is 0 Å². The van der Waals surface area contributed by atoms with Gasteiger partial charge in [0.1, 0.15) is 0 Å². The Hall–Kier alpha value is -2.46. The van der Waals surface area contributed by atoms with Crippen molar-refractivity contribution in [3.8, 4) is 0 Å². The van der Waals surface area contributed by atoms with Gasteiger partial charge in [0.25, 0.3) is 5.69 Å². The van der Waals surface area contributed by atoms with E-state index in [1.54, 1.807) is 17.0 Å². The molecule has 0 bridgehead atoms. The summed E-state index contributed by atoms with van der Waals surface area (Å²) in [5, 5.41) is 10.7. The van der Waals surface area contributed by atoms with Crippen LogP contribution in [0.4, 0.5) is 5.69 Å². The van der Waals surface area contributed by atoms with Gasteiger partial charge in [-0.15, -0.1) is 0 Å². The summed E-state index contributed by atoms with van der Waals surface area (Å²) >= 11 is 0. The second kappa shape index (κ2) is 6.81. The van der Waals surface area contributed by atoms with E-state index in [4.69, 9.17) is 11.3 Å². The Kier molecular flexibility index (Phi) is 4.85. The van der Waals surface area contributed by atoms with Crippen LogP contribution in [0.1, 0.15) is 5.56 Å². The van der Waals surface area contributed by atoms with E-state index in [9.17, 15) is 14.9 Å². The first-order valence-corrected chi connectivity index (χ1v) is 6.58. The minimum Gasteiger partial charge on any atom is -0.378 e. The number of nitrogens with zero attached hydrogens (tertiary/aromatic N) is 3. The molecule has 2 rings (SSSR count). The van der Waals surface area contributed by atoms with Crippen LogP contribution in [-0.4, -0.2) is 48.1 Å². The lowest BCUT2D eigenvalue weighted by atomic mass is 10.0. The average molecular weight is 289 g/mol. The van der Waals surface area contributed by atoms with Crippen molar-refractivity contribution in [1.82, 2.24) is 4.90 Å². The zero-order chi connectivity index (χ0) is 15.2. The Balaban J connectivity index is 2.08. The van der Waals surface area contributed by atoms with E-state index in [-0.39, 0.29) is 18.0 Å². The van der Waals surface area contributed by atoms with Crippen molar-refractivity contribution in [3.05, 3.63) is 51.4 Å². The number of nitro benzene ring substituents is 1. The Morgan fingerprint density at radius 3 is 2.81 bits per heavy atom. The third-order valence-electron chi connectivity index (χ3n) is 3.31. The van der Waals surface area contributed by atoms with Crippen LogP contribution < -0.4 is 0 Å². The third kappa shape index (κ3) is 3.77. The Morgan fingerprint density at radius 2 is 2.19 bits per heavy atom. The van der Waals surface area contributed by atoms with Gasteiger partial charge in [0.05, 0.1) is 24.6 Å². The molecule has 21 heavy (non-hydrogen) atoms. The molecule has 1 aromatic rings. The summed E-state index contributed by atoms with van der Waals surface area (Å²) < 4.78 is 5.18. The molecule has 7 heteroatoms. The maximum atomic E-state index is 12.3. The topological polar surface area (TPSA) is 77.0 Å². The van der Waals surface area contributed by atoms with E-state index < -0.39 is 11.0 Å². The van der Waals surface area contributed by atoms with Crippen molar-refractivity contribution in [3.63, 3.8) is 0 Å². The fourth-order valence-electron chi connectivity index (χ4n) is 2.20. The van der Waals surface area contributed by atoms with Crippen LogP contribution in [0.5, 0.6) is 0 Å². The largest absolute Gasteiger partial charge is 0.378 e. The van der Waals surface area contributed by atoms with Crippen molar-refractivity contribution < 1.29 is 14.5 Å². The Labute approximate surface area is 122 Å². The zero-order valence-corrected chi connectivity index (χ0v) is 11.4. The highest BCUT2D eigenvalue weighted by Gasteiger charge is 2.30. The maximum Gasteiger partial charge on any atom is 0.306 e. The number of nitro groups is 1. The summed E-state index contributed by atoms with van der Waals surface area (Å²) in [7, 11) is 0. The van der Waals surface area contributed by atoms with Crippen LogP contribution in [0, 0.1) is 16.7 Å². The number of ether oxygens (including phenoxy) is 1. The number of carbonyl (C=O) groups excluding carboxylic acids is 1. The molecule has 0 spiro atoms. The van der Waals surface area contributed by atoms with Crippen molar-refractivity contribution in [2.45, 2.75) is 12.5 Å². The van der Waals surface area contributed by atoms with E-state index in [0.29, 0.717) is 31.9 Å². The number of hydrogen-bond donors (Lipinski definition) is 0. The normalized spacial score (nSPS) is 16.0. The van der Waals surface area contributed by atoms with E-state index in [0.717, 1.165) is 0 Å². The summed E-state index contributed by atoms with van der Waals surface area (Å²) in [6, 6.07) is 5.21. The summed E-state index contributed by atoms with van der Waals surface area (Å²) in [4.78, 5) is 27.5. The fraction of sp³-hybridized carbons (Fsp3) is 0.429. The summed E-state index contributed by atoms with van der Waals surface area (Å²) in [6.45, 7) is 9.14. The molecule has 0 aliphatic carbocycles. The minimum atomic E-state index is -0.842. The molecule has 7 nitrogen and oxygen atoms in total. The van der Waals surface area contributed by atoms with Gasteiger partial charge in [-0.25, -0.2) is 6.57 Å². The molecule has 1 fully saturated rings. The lowest BCUT2D eigenvalue weighted by molar-refractivity contribution is -0.384. The van der Waals surface area contributed by atoms with Crippen molar-refractivity contribution in [2.24, 2.45) is 0 Å². The van der Waals surface area contributed by atoms with Gasteiger partial charge in [-0.2, -0.15) is 0 Å². The molecule has 1 heterocycles. The molecule has 0 N–H and O–H groups in total. The lowest BCUT2D eigenvalue weighted by Gasteiger charge is -2.26. The molecule has 1 aliphatic heterocycles. The highest BCUT2D eigenvalue weighted by atomic mass is 16.6. The Morgan fingerprint density at radius 1 is 1.48 bits per heavy atom. The minimum absolute atomic E-state index is 0.0324. The zero-order valence-electron chi connectivity index (χ0n) is 11.4. The van der Waals surface area contributed by atoms with E-state index in [2.05, 4.69) is 4.85 Å². The number of benzene rings is 1. The van der Waals surface area contributed by atoms with Crippen molar-refractivity contribution in [1.29, 1.82) is 0 Å².